The molecule has 0 unspecified atom stereocenters. The first-order valence-electron chi connectivity index (χ1n) is 8.36. The van der Waals surface area contributed by atoms with Gasteiger partial charge < -0.3 is 10.1 Å². The summed E-state index contributed by atoms with van der Waals surface area (Å²) >= 11 is 3.39. The molecular weight excluding hydrogens is 366 g/mol. The highest BCUT2D eigenvalue weighted by Crippen LogP contribution is 2.20. The Labute approximate surface area is 152 Å². The molecule has 1 amide bonds. The second kappa shape index (κ2) is 9.48. The number of amides is 1. The molecule has 1 N–H and O–H groups in total. The Bertz CT molecular complexity index is 638. The average molecular weight is 390 g/mol. The van der Waals surface area contributed by atoms with Crippen LogP contribution in [0, 0.1) is 0 Å². The Balaban J connectivity index is 1.70. The molecule has 3 nitrogen and oxygen atoms in total. The number of halogens is 1. The Morgan fingerprint density at radius 3 is 2.42 bits per heavy atom. The standard InChI is InChI=1S/C20H24BrNO2/c1-3-15(2)16-6-10-18(11-7-16)22-20(23)5-4-14-24-19-12-8-17(21)9-13-19/h6-13,15H,3-5,14H2,1-2H3,(H,22,23)/t15-/m1/s1. The molecule has 0 aromatic heterocycles. The second-order valence-corrected chi connectivity index (χ2v) is 6.80. The van der Waals surface area contributed by atoms with E-state index < -0.39 is 0 Å². The van der Waals surface area contributed by atoms with E-state index in [1.165, 1.54) is 5.56 Å². The van der Waals surface area contributed by atoms with Gasteiger partial charge in [0, 0.05) is 16.6 Å². The molecule has 0 aliphatic rings. The van der Waals surface area contributed by atoms with E-state index in [9.17, 15) is 4.79 Å². The minimum atomic E-state index is 0.0192. The molecule has 2 aromatic rings. The zero-order valence-corrected chi connectivity index (χ0v) is 15.8. The fourth-order valence-electron chi connectivity index (χ4n) is 2.31. The van der Waals surface area contributed by atoms with Crippen LogP contribution in [0.4, 0.5) is 5.69 Å². The van der Waals surface area contributed by atoms with Gasteiger partial charge in [-0.3, -0.25) is 4.79 Å². The molecule has 0 aliphatic carbocycles. The van der Waals surface area contributed by atoms with Crippen molar-refractivity contribution in [3.05, 3.63) is 58.6 Å². The third-order valence-corrected chi connectivity index (χ3v) is 4.54. The van der Waals surface area contributed by atoms with E-state index in [0.717, 1.165) is 22.3 Å². The highest BCUT2D eigenvalue weighted by atomic mass is 79.9. The van der Waals surface area contributed by atoms with Crippen LogP contribution in [0.3, 0.4) is 0 Å². The molecule has 2 rings (SSSR count). The quantitative estimate of drug-likeness (QED) is 0.582. The summed E-state index contributed by atoms with van der Waals surface area (Å²) in [6.45, 7) is 4.91. The van der Waals surface area contributed by atoms with E-state index >= 15 is 0 Å². The Kier molecular flexibility index (Phi) is 7.32. The summed E-state index contributed by atoms with van der Waals surface area (Å²) in [5.74, 6) is 1.38. The second-order valence-electron chi connectivity index (χ2n) is 5.89. The SMILES string of the molecule is CC[C@@H](C)c1ccc(NC(=O)CCCOc2ccc(Br)cc2)cc1. The van der Waals surface area contributed by atoms with Crippen LogP contribution in [-0.4, -0.2) is 12.5 Å². The monoisotopic (exact) mass is 389 g/mol. The third kappa shape index (κ3) is 6.00. The summed E-state index contributed by atoms with van der Waals surface area (Å²) in [6.07, 6.45) is 2.25. The highest BCUT2D eigenvalue weighted by molar-refractivity contribution is 9.10. The van der Waals surface area contributed by atoms with Crippen LogP contribution in [0.25, 0.3) is 0 Å². The lowest BCUT2D eigenvalue weighted by atomic mass is 9.99. The lowest BCUT2D eigenvalue weighted by molar-refractivity contribution is -0.116. The lowest BCUT2D eigenvalue weighted by Gasteiger charge is -2.11. The van der Waals surface area contributed by atoms with Crippen molar-refractivity contribution >= 4 is 27.5 Å². The van der Waals surface area contributed by atoms with Crippen molar-refractivity contribution in [3.63, 3.8) is 0 Å². The van der Waals surface area contributed by atoms with Gasteiger partial charge in [-0.05, 0) is 60.7 Å². The van der Waals surface area contributed by atoms with Gasteiger partial charge in [-0.15, -0.1) is 0 Å². The van der Waals surface area contributed by atoms with Gasteiger partial charge in [-0.25, -0.2) is 0 Å². The van der Waals surface area contributed by atoms with Crippen LogP contribution in [0.5, 0.6) is 5.75 Å². The molecule has 0 radical (unpaired) electrons. The molecule has 4 heteroatoms. The van der Waals surface area contributed by atoms with Gasteiger partial charge >= 0.3 is 0 Å². The van der Waals surface area contributed by atoms with Crippen LogP contribution in [-0.2, 0) is 4.79 Å². The van der Waals surface area contributed by atoms with Crippen molar-refractivity contribution in [1.29, 1.82) is 0 Å². The number of ether oxygens (including phenoxy) is 1. The molecule has 0 spiro atoms. The van der Waals surface area contributed by atoms with E-state index in [2.05, 4.69) is 47.2 Å². The van der Waals surface area contributed by atoms with E-state index in [1.807, 2.05) is 36.4 Å². The maximum Gasteiger partial charge on any atom is 0.224 e. The smallest absolute Gasteiger partial charge is 0.224 e. The Morgan fingerprint density at radius 2 is 1.79 bits per heavy atom. The summed E-state index contributed by atoms with van der Waals surface area (Å²) in [7, 11) is 0. The third-order valence-electron chi connectivity index (χ3n) is 4.01. The molecule has 0 saturated heterocycles. The van der Waals surface area contributed by atoms with Crippen molar-refractivity contribution in [3.8, 4) is 5.75 Å². The number of rotatable bonds is 8. The molecule has 128 valence electrons. The Morgan fingerprint density at radius 1 is 1.12 bits per heavy atom. The number of hydrogen-bond acceptors (Lipinski definition) is 2. The normalized spacial score (nSPS) is 11.8. The van der Waals surface area contributed by atoms with Gasteiger partial charge in [0.05, 0.1) is 6.61 Å². The van der Waals surface area contributed by atoms with Gasteiger partial charge in [0.15, 0.2) is 0 Å². The topological polar surface area (TPSA) is 38.3 Å². The first-order chi connectivity index (χ1) is 11.6. The molecule has 0 aliphatic heterocycles. The molecule has 2 aromatic carbocycles. The minimum absolute atomic E-state index is 0.0192. The number of benzene rings is 2. The predicted octanol–water partition coefficient (Wildman–Crippen LogP) is 5.76. The zero-order valence-electron chi connectivity index (χ0n) is 14.2. The molecular formula is C20H24BrNO2. The van der Waals surface area contributed by atoms with Gasteiger partial charge in [-0.1, -0.05) is 41.9 Å². The number of anilines is 1. The average Bonchev–Trinajstić information content (AvgIpc) is 2.60. The van der Waals surface area contributed by atoms with Crippen LogP contribution >= 0.6 is 15.9 Å². The predicted molar refractivity (Wildman–Crippen MR) is 103 cm³/mol. The fourth-order valence-corrected chi connectivity index (χ4v) is 2.57. The Hall–Kier alpha value is -1.81. The fraction of sp³-hybridized carbons (Fsp3) is 0.350. The van der Waals surface area contributed by atoms with Gasteiger partial charge in [0.25, 0.3) is 0 Å². The number of nitrogens with one attached hydrogen (secondary N) is 1. The number of carbonyl (C=O) groups excluding carboxylic acids is 1. The van der Waals surface area contributed by atoms with E-state index in [-0.39, 0.29) is 5.91 Å². The first-order valence-corrected chi connectivity index (χ1v) is 9.16. The van der Waals surface area contributed by atoms with Crippen molar-refractivity contribution in [2.45, 2.75) is 39.0 Å². The van der Waals surface area contributed by atoms with Crippen LogP contribution in [0.15, 0.2) is 53.0 Å². The maximum atomic E-state index is 12.0. The molecule has 0 fully saturated rings. The van der Waals surface area contributed by atoms with Crippen LogP contribution < -0.4 is 10.1 Å². The van der Waals surface area contributed by atoms with E-state index in [4.69, 9.17) is 4.74 Å². The lowest BCUT2D eigenvalue weighted by Crippen LogP contribution is -2.12. The number of carbonyl (C=O) groups is 1. The molecule has 0 heterocycles. The number of hydrogen-bond donors (Lipinski definition) is 1. The van der Waals surface area contributed by atoms with Gasteiger partial charge in [0.1, 0.15) is 5.75 Å². The van der Waals surface area contributed by atoms with Crippen molar-refractivity contribution < 1.29 is 9.53 Å². The molecule has 1 atom stereocenters. The molecule has 0 saturated carbocycles. The van der Waals surface area contributed by atoms with Crippen molar-refractivity contribution in [2.75, 3.05) is 11.9 Å². The van der Waals surface area contributed by atoms with Gasteiger partial charge in [-0.2, -0.15) is 0 Å². The van der Waals surface area contributed by atoms with Gasteiger partial charge in [0.2, 0.25) is 5.91 Å². The zero-order chi connectivity index (χ0) is 17.4. The first kappa shape index (κ1) is 18.5. The summed E-state index contributed by atoms with van der Waals surface area (Å²) in [5.41, 5.74) is 2.15. The molecule has 24 heavy (non-hydrogen) atoms. The van der Waals surface area contributed by atoms with Crippen molar-refractivity contribution in [2.24, 2.45) is 0 Å². The summed E-state index contributed by atoms with van der Waals surface area (Å²) in [4.78, 5) is 12.0. The largest absolute Gasteiger partial charge is 0.494 e. The van der Waals surface area contributed by atoms with Crippen LogP contribution in [0.1, 0.15) is 44.6 Å². The van der Waals surface area contributed by atoms with Crippen LogP contribution in [0.2, 0.25) is 0 Å². The molecule has 0 bridgehead atoms. The van der Waals surface area contributed by atoms with E-state index in [0.29, 0.717) is 25.4 Å². The minimum Gasteiger partial charge on any atom is -0.494 e. The summed E-state index contributed by atoms with van der Waals surface area (Å²) in [5, 5.41) is 2.93. The maximum absolute atomic E-state index is 12.0. The van der Waals surface area contributed by atoms with Crippen molar-refractivity contribution in [1.82, 2.24) is 0 Å². The summed E-state index contributed by atoms with van der Waals surface area (Å²) in [6, 6.07) is 15.8. The van der Waals surface area contributed by atoms with E-state index in [1.54, 1.807) is 0 Å². The highest BCUT2D eigenvalue weighted by Gasteiger charge is 2.05. The summed E-state index contributed by atoms with van der Waals surface area (Å²) < 4.78 is 6.64.